The number of nitrogens with one attached hydrogen (secondary N) is 1. The van der Waals surface area contributed by atoms with E-state index in [0.717, 1.165) is 5.56 Å². The normalized spacial score (nSPS) is 12.5. The number of carbonyl (C=O) groups is 1. The number of fused-ring (bicyclic) bond motifs is 1. The quantitative estimate of drug-likeness (QED) is 0.204. The van der Waals surface area contributed by atoms with Gasteiger partial charge in [-0.1, -0.05) is 71.2 Å². The zero-order valence-corrected chi connectivity index (χ0v) is 20.9. The molecule has 1 heterocycles. The second kappa shape index (κ2) is 9.83. The van der Waals surface area contributed by atoms with Crippen LogP contribution in [0.5, 0.6) is 5.75 Å². The van der Waals surface area contributed by atoms with Gasteiger partial charge in [-0.05, 0) is 43.2 Å². The molecule has 35 heavy (non-hydrogen) atoms. The molecule has 10 heteroatoms. The molecule has 0 aliphatic heterocycles. The molecule has 0 radical (unpaired) electrons. The van der Waals surface area contributed by atoms with Gasteiger partial charge in [0.25, 0.3) is 0 Å². The number of halogens is 2. The van der Waals surface area contributed by atoms with Crippen LogP contribution in [-0.4, -0.2) is 14.4 Å². The molecule has 0 amide bonds. The number of esters is 1. The summed E-state index contributed by atoms with van der Waals surface area (Å²) in [6, 6.07) is 15.8. The van der Waals surface area contributed by atoms with Crippen LogP contribution in [0.15, 0.2) is 80.8 Å². The first-order chi connectivity index (χ1) is 16.6. The number of hydrogen-bond acceptors (Lipinski definition) is 6. The number of aryl methyl sites for hydroxylation is 2. The molecule has 1 N–H and O–H groups in total. The number of rotatable bonds is 6. The van der Waals surface area contributed by atoms with Gasteiger partial charge in [0.1, 0.15) is 16.6 Å². The van der Waals surface area contributed by atoms with Gasteiger partial charge in [-0.3, -0.25) is 0 Å². The molecule has 0 unspecified atom stereocenters. The van der Waals surface area contributed by atoms with Gasteiger partial charge in [-0.15, -0.1) is 0 Å². The third-order valence-electron chi connectivity index (χ3n) is 5.33. The Morgan fingerprint density at radius 2 is 1.66 bits per heavy atom. The van der Waals surface area contributed by atoms with Crippen molar-refractivity contribution in [3.8, 4) is 5.75 Å². The summed E-state index contributed by atoms with van der Waals surface area (Å²) in [7, 11) is -4.08. The Hall–Kier alpha value is -3.17. The van der Waals surface area contributed by atoms with Crippen molar-refractivity contribution in [1.29, 1.82) is 0 Å². The standard InChI is InChI=1S/C25H19Cl2NO6S/c1-14-8-10-17(11-9-14)35(31,32)28-23(16-6-4-3-5-7-16)25(30)34-21-13-20-18(12-19(21)26)15(2)22(27)24(29)33-20/h3-13,23,28H,1-2H3/t23-/m0/s1. The Kier molecular flexibility index (Phi) is 7.00. The van der Waals surface area contributed by atoms with Crippen LogP contribution in [0.25, 0.3) is 11.0 Å². The van der Waals surface area contributed by atoms with Crippen molar-refractivity contribution in [2.45, 2.75) is 24.8 Å². The summed E-state index contributed by atoms with van der Waals surface area (Å²) in [4.78, 5) is 25.2. The Bertz CT molecular complexity index is 1580. The molecule has 1 aromatic heterocycles. The lowest BCUT2D eigenvalue weighted by Gasteiger charge is -2.19. The maximum absolute atomic E-state index is 13.2. The second-order valence-electron chi connectivity index (χ2n) is 7.81. The number of hydrogen-bond donors (Lipinski definition) is 1. The van der Waals surface area contributed by atoms with Crippen molar-refractivity contribution >= 4 is 50.2 Å². The molecule has 4 rings (SSSR count). The Morgan fingerprint density at radius 1 is 1.00 bits per heavy atom. The molecule has 3 aromatic carbocycles. The Balaban J connectivity index is 1.71. The minimum atomic E-state index is -4.08. The fraction of sp³-hybridized carbons (Fsp3) is 0.120. The fourth-order valence-electron chi connectivity index (χ4n) is 3.41. The van der Waals surface area contributed by atoms with E-state index in [1.165, 1.54) is 24.3 Å². The van der Waals surface area contributed by atoms with Crippen LogP contribution in [0.4, 0.5) is 0 Å². The lowest BCUT2D eigenvalue weighted by Crippen LogP contribution is -2.36. The lowest BCUT2D eigenvalue weighted by molar-refractivity contribution is -0.136. The summed E-state index contributed by atoms with van der Waals surface area (Å²) >= 11 is 12.3. The maximum atomic E-state index is 13.2. The van der Waals surface area contributed by atoms with E-state index in [0.29, 0.717) is 16.5 Å². The van der Waals surface area contributed by atoms with Crippen molar-refractivity contribution in [2.24, 2.45) is 0 Å². The fourth-order valence-corrected chi connectivity index (χ4v) is 4.93. The van der Waals surface area contributed by atoms with E-state index in [4.69, 9.17) is 32.4 Å². The van der Waals surface area contributed by atoms with Crippen LogP contribution >= 0.6 is 23.2 Å². The first kappa shape index (κ1) is 24.9. The van der Waals surface area contributed by atoms with E-state index in [2.05, 4.69) is 4.72 Å². The molecule has 0 spiro atoms. The second-order valence-corrected chi connectivity index (χ2v) is 10.3. The minimum Gasteiger partial charge on any atom is -0.423 e. The van der Waals surface area contributed by atoms with Crippen molar-refractivity contribution in [3.63, 3.8) is 0 Å². The maximum Gasteiger partial charge on any atom is 0.355 e. The van der Waals surface area contributed by atoms with E-state index in [9.17, 15) is 18.0 Å². The Morgan fingerprint density at radius 3 is 2.31 bits per heavy atom. The predicted octanol–water partition coefficient (Wildman–Crippen LogP) is 5.34. The largest absolute Gasteiger partial charge is 0.423 e. The molecule has 7 nitrogen and oxygen atoms in total. The zero-order valence-electron chi connectivity index (χ0n) is 18.5. The summed E-state index contributed by atoms with van der Waals surface area (Å²) in [6.07, 6.45) is 0. The topological polar surface area (TPSA) is 103 Å². The summed E-state index contributed by atoms with van der Waals surface area (Å²) in [5.74, 6) is -1.04. The van der Waals surface area contributed by atoms with Crippen LogP contribution in [0.1, 0.15) is 22.7 Å². The van der Waals surface area contributed by atoms with Gasteiger partial charge in [0, 0.05) is 11.5 Å². The average molecular weight is 532 g/mol. The number of benzene rings is 3. The van der Waals surface area contributed by atoms with Crippen LogP contribution in [0.2, 0.25) is 10.0 Å². The highest BCUT2D eigenvalue weighted by molar-refractivity contribution is 7.89. The lowest BCUT2D eigenvalue weighted by atomic mass is 10.1. The third kappa shape index (κ3) is 5.26. The first-order valence-corrected chi connectivity index (χ1v) is 12.6. The number of sulfonamides is 1. The zero-order chi connectivity index (χ0) is 25.3. The van der Waals surface area contributed by atoms with Crippen molar-refractivity contribution < 1.29 is 22.4 Å². The van der Waals surface area contributed by atoms with E-state index < -0.39 is 27.7 Å². The first-order valence-electron chi connectivity index (χ1n) is 10.3. The number of ether oxygens (including phenoxy) is 1. The van der Waals surface area contributed by atoms with Gasteiger partial charge in [-0.25, -0.2) is 18.0 Å². The summed E-state index contributed by atoms with van der Waals surface area (Å²) in [6.45, 7) is 3.47. The monoisotopic (exact) mass is 531 g/mol. The average Bonchev–Trinajstić information content (AvgIpc) is 2.83. The smallest absolute Gasteiger partial charge is 0.355 e. The molecule has 1 atom stereocenters. The molecule has 0 saturated carbocycles. The van der Waals surface area contributed by atoms with Gasteiger partial charge in [0.05, 0.1) is 9.92 Å². The van der Waals surface area contributed by atoms with Gasteiger partial charge in [-0.2, -0.15) is 4.72 Å². The van der Waals surface area contributed by atoms with Crippen LogP contribution in [0, 0.1) is 13.8 Å². The van der Waals surface area contributed by atoms with E-state index in [1.807, 2.05) is 6.92 Å². The highest BCUT2D eigenvalue weighted by Crippen LogP contribution is 2.33. The summed E-state index contributed by atoms with van der Waals surface area (Å²) in [5, 5.41) is 0.444. The molecule has 4 aromatic rings. The molecule has 0 bridgehead atoms. The van der Waals surface area contributed by atoms with Crippen molar-refractivity contribution in [3.05, 3.63) is 104 Å². The van der Waals surface area contributed by atoms with Crippen molar-refractivity contribution in [1.82, 2.24) is 4.72 Å². The predicted molar refractivity (Wildman–Crippen MR) is 134 cm³/mol. The van der Waals surface area contributed by atoms with Crippen LogP contribution in [0.3, 0.4) is 0 Å². The molecular weight excluding hydrogens is 513 g/mol. The Labute approximate surface area is 211 Å². The molecule has 0 saturated heterocycles. The summed E-state index contributed by atoms with van der Waals surface area (Å²) < 4.78 is 39.1. The highest BCUT2D eigenvalue weighted by atomic mass is 35.5. The third-order valence-corrected chi connectivity index (χ3v) is 7.50. The molecule has 0 aliphatic rings. The van der Waals surface area contributed by atoms with E-state index in [-0.39, 0.29) is 26.3 Å². The van der Waals surface area contributed by atoms with Gasteiger partial charge < -0.3 is 9.15 Å². The molecule has 0 aliphatic carbocycles. The van der Waals surface area contributed by atoms with Gasteiger partial charge in [0.2, 0.25) is 10.0 Å². The molecular formula is C25H19Cl2NO6S. The number of carbonyl (C=O) groups excluding carboxylic acids is 1. The van der Waals surface area contributed by atoms with E-state index in [1.54, 1.807) is 49.4 Å². The van der Waals surface area contributed by atoms with Gasteiger partial charge >= 0.3 is 11.6 Å². The SMILES string of the molecule is Cc1ccc(S(=O)(=O)N[C@H](C(=O)Oc2cc3oc(=O)c(Cl)c(C)c3cc2Cl)c2ccccc2)cc1. The van der Waals surface area contributed by atoms with Crippen molar-refractivity contribution in [2.75, 3.05) is 0 Å². The highest BCUT2D eigenvalue weighted by Gasteiger charge is 2.29. The molecule has 180 valence electrons. The summed E-state index contributed by atoms with van der Waals surface area (Å²) in [5.41, 5.74) is 1.08. The van der Waals surface area contributed by atoms with Crippen LogP contribution in [-0.2, 0) is 14.8 Å². The van der Waals surface area contributed by atoms with Gasteiger partial charge in [0.15, 0.2) is 5.75 Å². The minimum absolute atomic E-state index is 0.00491. The van der Waals surface area contributed by atoms with E-state index >= 15 is 0 Å². The van der Waals surface area contributed by atoms with Crippen LogP contribution < -0.4 is 15.1 Å². The molecule has 0 fully saturated rings.